The van der Waals surface area contributed by atoms with Gasteiger partial charge >= 0.3 is 0 Å². The van der Waals surface area contributed by atoms with Gasteiger partial charge in [-0.3, -0.25) is 19.6 Å². The van der Waals surface area contributed by atoms with E-state index < -0.39 is 20.9 Å². The van der Waals surface area contributed by atoms with Crippen LogP contribution >= 0.6 is 0 Å². The Labute approximate surface area is 162 Å². The van der Waals surface area contributed by atoms with Gasteiger partial charge in [-0.25, -0.2) is 8.42 Å². The van der Waals surface area contributed by atoms with Crippen molar-refractivity contribution < 1.29 is 22.9 Å². The summed E-state index contributed by atoms with van der Waals surface area (Å²) in [5, 5.41) is 13.4. The molecule has 0 bridgehead atoms. The number of anilines is 1. The molecular formula is C18H21N3O6S. The molecule has 0 unspecified atom stereocenters. The zero-order chi connectivity index (χ0) is 20.6. The molecule has 0 spiro atoms. The minimum Gasteiger partial charge on any atom is -0.382 e. The van der Waals surface area contributed by atoms with E-state index in [1.165, 1.54) is 12.1 Å². The van der Waals surface area contributed by atoms with Crippen LogP contribution in [0.1, 0.15) is 23.7 Å². The maximum atomic E-state index is 12.6. The molecule has 0 saturated carbocycles. The highest BCUT2D eigenvalue weighted by atomic mass is 32.2. The summed E-state index contributed by atoms with van der Waals surface area (Å²) in [7, 11) is -4.02. The maximum Gasteiger partial charge on any atom is 0.269 e. The molecule has 0 atom stereocenters. The number of hydrogen-bond donors (Lipinski definition) is 2. The Balaban J connectivity index is 2.13. The van der Waals surface area contributed by atoms with Crippen LogP contribution < -0.4 is 10.0 Å². The molecule has 28 heavy (non-hydrogen) atoms. The second-order valence-electron chi connectivity index (χ2n) is 5.71. The van der Waals surface area contributed by atoms with Crippen molar-refractivity contribution in [2.24, 2.45) is 0 Å². The second kappa shape index (κ2) is 9.81. The van der Waals surface area contributed by atoms with E-state index in [4.69, 9.17) is 4.74 Å². The predicted molar refractivity (Wildman–Crippen MR) is 104 cm³/mol. The molecule has 0 aromatic heterocycles. The first-order valence-corrected chi connectivity index (χ1v) is 10.1. The van der Waals surface area contributed by atoms with Crippen LogP contribution in [0.3, 0.4) is 0 Å². The van der Waals surface area contributed by atoms with Crippen molar-refractivity contribution in [2.45, 2.75) is 18.2 Å². The normalized spacial score (nSPS) is 11.0. The third kappa shape index (κ3) is 5.76. The van der Waals surface area contributed by atoms with Gasteiger partial charge in [-0.05, 0) is 37.6 Å². The van der Waals surface area contributed by atoms with E-state index in [9.17, 15) is 23.3 Å². The Bertz CT molecular complexity index is 929. The number of benzene rings is 2. The third-order valence-corrected chi connectivity index (χ3v) is 5.11. The van der Waals surface area contributed by atoms with Gasteiger partial charge in [-0.15, -0.1) is 0 Å². The summed E-state index contributed by atoms with van der Waals surface area (Å²) in [5.41, 5.74) is 0.0679. The molecule has 0 aliphatic carbocycles. The first kappa shape index (κ1) is 21.3. The van der Waals surface area contributed by atoms with E-state index in [1.54, 1.807) is 12.1 Å². The van der Waals surface area contributed by atoms with Crippen LogP contribution in [-0.4, -0.2) is 39.0 Å². The average Bonchev–Trinajstić information content (AvgIpc) is 2.68. The number of non-ortho nitro benzene ring substituents is 1. The Hall–Kier alpha value is -2.98. The number of rotatable bonds is 10. The van der Waals surface area contributed by atoms with E-state index in [-0.39, 0.29) is 21.8 Å². The summed E-state index contributed by atoms with van der Waals surface area (Å²) >= 11 is 0. The van der Waals surface area contributed by atoms with Gasteiger partial charge in [0.1, 0.15) is 0 Å². The summed E-state index contributed by atoms with van der Waals surface area (Å²) < 4.78 is 32.7. The summed E-state index contributed by atoms with van der Waals surface area (Å²) in [6.07, 6.45) is 0.635. The van der Waals surface area contributed by atoms with Crippen LogP contribution in [0.4, 0.5) is 11.4 Å². The van der Waals surface area contributed by atoms with Crippen molar-refractivity contribution in [3.05, 3.63) is 64.2 Å². The molecule has 10 heteroatoms. The van der Waals surface area contributed by atoms with Gasteiger partial charge in [0.2, 0.25) is 0 Å². The van der Waals surface area contributed by atoms with Crippen molar-refractivity contribution in [2.75, 3.05) is 24.5 Å². The van der Waals surface area contributed by atoms with Crippen molar-refractivity contribution >= 4 is 27.3 Å². The molecule has 0 saturated heterocycles. The predicted octanol–water partition coefficient (Wildman–Crippen LogP) is 2.55. The molecule has 150 valence electrons. The largest absolute Gasteiger partial charge is 0.382 e. The second-order valence-corrected chi connectivity index (χ2v) is 7.39. The zero-order valence-corrected chi connectivity index (χ0v) is 16.1. The fraction of sp³-hybridized carbons (Fsp3) is 0.278. The number of nitro groups is 1. The topological polar surface area (TPSA) is 128 Å². The van der Waals surface area contributed by atoms with E-state index in [2.05, 4.69) is 10.0 Å². The van der Waals surface area contributed by atoms with Gasteiger partial charge < -0.3 is 10.1 Å². The lowest BCUT2D eigenvalue weighted by Crippen LogP contribution is -2.27. The fourth-order valence-corrected chi connectivity index (χ4v) is 3.42. The number of amides is 1. The number of carbonyl (C=O) groups is 1. The van der Waals surface area contributed by atoms with Gasteiger partial charge in [0.15, 0.2) is 0 Å². The highest BCUT2D eigenvalue weighted by Crippen LogP contribution is 2.22. The number of nitro benzene ring substituents is 1. The molecule has 0 aliphatic rings. The molecule has 2 N–H and O–H groups in total. The lowest BCUT2D eigenvalue weighted by molar-refractivity contribution is -0.384. The van der Waals surface area contributed by atoms with Crippen molar-refractivity contribution in [1.29, 1.82) is 0 Å². The van der Waals surface area contributed by atoms with Crippen LogP contribution in [0.2, 0.25) is 0 Å². The molecule has 2 aromatic rings. The number of nitrogens with zero attached hydrogens (tertiary/aromatic N) is 1. The van der Waals surface area contributed by atoms with Crippen LogP contribution in [0, 0.1) is 10.1 Å². The Morgan fingerprint density at radius 2 is 1.82 bits per heavy atom. The van der Waals surface area contributed by atoms with Gasteiger partial charge in [-0.1, -0.05) is 12.1 Å². The lowest BCUT2D eigenvalue weighted by Gasteiger charge is -2.13. The molecule has 9 nitrogen and oxygen atoms in total. The summed E-state index contributed by atoms with van der Waals surface area (Å²) in [4.78, 5) is 22.3. The van der Waals surface area contributed by atoms with Gasteiger partial charge in [-0.2, -0.15) is 0 Å². The maximum absolute atomic E-state index is 12.6. The first-order chi connectivity index (χ1) is 13.3. The van der Waals surface area contributed by atoms with E-state index in [1.807, 2.05) is 6.92 Å². The smallest absolute Gasteiger partial charge is 0.269 e. The number of sulfonamides is 1. The SMILES string of the molecule is CCOCCCNC(=O)c1ccccc1NS(=O)(=O)c1ccc([N+](=O)[O-])cc1. The van der Waals surface area contributed by atoms with E-state index >= 15 is 0 Å². The standard InChI is InChI=1S/C18H21N3O6S/c1-2-27-13-5-12-19-18(22)16-6-3-4-7-17(16)20-28(25,26)15-10-8-14(9-11-15)21(23)24/h3-4,6-11,20H,2,5,12-13H2,1H3,(H,19,22). The molecule has 0 aliphatic heterocycles. The molecule has 0 fully saturated rings. The molecule has 0 heterocycles. The lowest BCUT2D eigenvalue weighted by atomic mass is 10.1. The highest BCUT2D eigenvalue weighted by Gasteiger charge is 2.19. The molecule has 0 radical (unpaired) electrons. The number of nitrogens with one attached hydrogen (secondary N) is 2. The molecular weight excluding hydrogens is 386 g/mol. The first-order valence-electron chi connectivity index (χ1n) is 8.57. The van der Waals surface area contributed by atoms with Crippen LogP contribution in [0.15, 0.2) is 53.4 Å². The van der Waals surface area contributed by atoms with Crippen molar-refractivity contribution in [3.63, 3.8) is 0 Å². The van der Waals surface area contributed by atoms with Crippen LogP contribution in [0.25, 0.3) is 0 Å². The quantitative estimate of drug-likeness (QED) is 0.354. The van der Waals surface area contributed by atoms with Crippen molar-refractivity contribution in [1.82, 2.24) is 5.32 Å². The van der Waals surface area contributed by atoms with Crippen molar-refractivity contribution in [3.8, 4) is 0 Å². The fourth-order valence-electron chi connectivity index (χ4n) is 2.34. The summed E-state index contributed by atoms with van der Waals surface area (Å²) in [6.45, 7) is 3.39. The Morgan fingerprint density at radius 1 is 1.14 bits per heavy atom. The Kier molecular flexibility index (Phi) is 7.47. The van der Waals surface area contributed by atoms with Gasteiger partial charge in [0, 0.05) is 31.9 Å². The number of para-hydroxylation sites is 1. The molecule has 2 rings (SSSR count). The minimum atomic E-state index is -4.02. The van der Waals surface area contributed by atoms with Crippen LogP contribution in [-0.2, 0) is 14.8 Å². The van der Waals surface area contributed by atoms with Gasteiger partial charge in [0.25, 0.3) is 21.6 Å². The minimum absolute atomic E-state index is 0.114. The number of hydrogen-bond acceptors (Lipinski definition) is 6. The van der Waals surface area contributed by atoms with E-state index in [0.717, 1.165) is 24.3 Å². The molecule has 2 aromatic carbocycles. The summed E-state index contributed by atoms with van der Waals surface area (Å²) in [6, 6.07) is 10.7. The molecule has 1 amide bonds. The number of ether oxygens (including phenoxy) is 1. The van der Waals surface area contributed by atoms with E-state index in [0.29, 0.717) is 26.2 Å². The summed E-state index contributed by atoms with van der Waals surface area (Å²) in [5.74, 6) is -0.418. The monoisotopic (exact) mass is 407 g/mol. The highest BCUT2D eigenvalue weighted by molar-refractivity contribution is 7.92. The average molecular weight is 407 g/mol. The third-order valence-electron chi connectivity index (χ3n) is 3.73. The Morgan fingerprint density at radius 3 is 2.46 bits per heavy atom. The van der Waals surface area contributed by atoms with Crippen LogP contribution in [0.5, 0.6) is 0 Å². The zero-order valence-electron chi connectivity index (χ0n) is 15.3. The van der Waals surface area contributed by atoms with Gasteiger partial charge in [0.05, 0.1) is 21.1 Å². The number of carbonyl (C=O) groups excluding carboxylic acids is 1.